The maximum atomic E-state index is 10.3. The van der Waals surface area contributed by atoms with Gasteiger partial charge in [0.2, 0.25) is 0 Å². The van der Waals surface area contributed by atoms with Gasteiger partial charge in [-0.15, -0.1) is 0 Å². The molecule has 0 radical (unpaired) electrons. The molecular formula is C5H11NaO4. The van der Waals surface area contributed by atoms with Crippen LogP contribution in [0.15, 0.2) is 0 Å². The van der Waals surface area contributed by atoms with Gasteiger partial charge in [-0.05, 0) is 6.42 Å². The van der Waals surface area contributed by atoms with Gasteiger partial charge in [-0.2, -0.15) is 0 Å². The molecule has 0 unspecified atom stereocenters. The Morgan fingerprint density at radius 1 is 1.50 bits per heavy atom. The molecule has 0 bridgehead atoms. The van der Waals surface area contributed by atoms with Gasteiger partial charge in [-0.3, -0.25) is 4.79 Å². The van der Waals surface area contributed by atoms with E-state index in [2.05, 4.69) is 4.74 Å². The topological polar surface area (TPSA) is 66.8 Å². The zero-order valence-electron chi connectivity index (χ0n) is 7.04. The second-order valence-corrected chi connectivity index (χ2v) is 1.47. The van der Waals surface area contributed by atoms with Crippen molar-refractivity contribution in [1.29, 1.82) is 0 Å². The molecule has 0 heterocycles. The molecule has 0 rings (SSSR count). The summed E-state index contributed by atoms with van der Waals surface area (Å²) in [4.78, 5) is 10.3. The van der Waals surface area contributed by atoms with Crippen molar-refractivity contribution in [3.63, 3.8) is 0 Å². The quantitative estimate of drug-likeness (QED) is 0.252. The largest absolute Gasteiger partial charge is 1.00 e. The van der Waals surface area contributed by atoms with Crippen molar-refractivity contribution in [3.05, 3.63) is 0 Å². The van der Waals surface area contributed by atoms with Crippen molar-refractivity contribution in [3.8, 4) is 0 Å². The molecule has 0 fully saturated rings. The predicted molar refractivity (Wildman–Crippen MR) is 30.6 cm³/mol. The number of aliphatic hydroxyl groups is 2. The van der Waals surface area contributed by atoms with Crippen LogP contribution < -0.4 is 29.6 Å². The van der Waals surface area contributed by atoms with E-state index in [1.54, 1.807) is 0 Å². The van der Waals surface area contributed by atoms with E-state index in [9.17, 15) is 4.79 Å². The van der Waals surface area contributed by atoms with E-state index >= 15 is 0 Å². The zero-order chi connectivity index (χ0) is 7.11. The molecule has 2 N–H and O–H groups in total. The molecule has 4 nitrogen and oxygen atoms in total. The second-order valence-electron chi connectivity index (χ2n) is 1.47. The normalized spacial score (nSPS) is 8.20. The van der Waals surface area contributed by atoms with Crippen LogP contribution in [0.1, 0.15) is 14.3 Å². The monoisotopic (exact) mass is 158 g/mol. The van der Waals surface area contributed by atoms with Gasteiger partial charge in [-0.1, -0.05) is 0 Å². The van der Waals surface area contributed by atoms with Crippen LogP contribution in [0.2, 0.25) is 0 Å². The van der Waals surface area contributed by atoms with Gasteiger partial charge < -0.3 is 16.4 Å². The maximum Gasteiger partial charge on any atom is 1.00 e. The van der Waals surface area contributed by atoms with Crippen molar-refractivity contribution >= 4 is 5.97 Å². The molecule has 0 aliphatic heterocycles. The van der Waals surface area contributed by atoms with Crippen molar-refractivity contribution in [1.82, 2.24) is 0 Å². The van der Waals surface area contributed by atoms with E-state index in [0.717, 1.165) is 0 Å². The molecule has 56 valence electrons. The summed E-state index contributed by atoms with van der Waals surface area (Å²) in [6.45, 7) is -0.606. The molecule has 0 aromatic heterocycles. The molecule has 0 aromatic rings. The van der Waals surface area contributed by atoms with Gasteiger partial charge in [0.05, 0.1) is 0 Å². The van der Waals surface area contributed by atoms with Crippen LogP contribution in [0.4, 0.5) is 0 Å². The number of hydrogen-bond acceptors (Lipinski definition) is 4. The number of carbonyl (C=O) groups is 1. The number of ether oxygens (including phenoxy) is 1. The molecule has 0 aliphatic rings. The third-order valence-electron chi connectivity index (χ3n) is 0.765. The molecule has 0 amide bonds. The fourth-order valence-corrected chi connectivity index (χ4v) is 0.368. The van der Waals surface area contributed by atoms with E-state index in [-0.39, 0.29) is 44.0 Å². The van der Waals surface area contributed by atoms with Gasteiger partial charge in [0.15, 0.2) is 6.79 Å². The van der Waals surface area contributed by atoms with Gasteiger partial charge in [0.1, 0.15) is 0 Å². The summed E-state index contributed by atoms with van der Waals surface area (Å²) >= 11 is 0. The minimum atomic E-state index is -0.579. The first-order valence-corrected chi connectivity index (χ1v) is 2.68. The molecule has 5 heteroatoms. The summed E-state index contributed by atoms with van der Waals surface area (Å²) < 4.78 is 4.15. The zero-order valence-corrected chi connectivity index (χ0v) is 8.04. The second kappa shape index (κ2) is 9.39. The summed E-state index contributed by atoms with van der Waals surface area (Å²) in [5.74, 6) is -0.480. The van der Waals surface area contributed by atoms with E-state index in [4.69, 9.17) is 10.2 Å². The molecule has 0 atom stereocenters. The van der Waals surface area contributed by atoms with E-state index in [1.807, 2.05) is 0 Å². The number of hydrogen-bond donors (Lipinski definition) is 2. The fourth-order valence-electron chi connectivity index (χ4n) is 0.368. The maximum absolute atomic E-state index is 10.3. The van der Waals surface area contributed by atoms with Crippen molar-refractivity contribution < 1.29 is 50.7 Å². The van der Waals surface area contributed by atoms with Crippen LogP contribution in [-0.4, -0.2) is 29.6 Å². The van der Waals surface area contributed by atoms with E-state index in [0.29, 0.717) is 6.42 Å². The Balaban J connectivity index is -0.000000320. The Bertz CT molecular complexity index is 90.6. The smallest absolute Gasteiger partial charge is 1.00 e. The van der Waals surface area contributed by atoms with Crippen LogP contribution in [0.5, 0.6) is 0 Å². The molecular weight excluding hydrogens is 147 g/mol. The Morgan fingerprint density at radius 3 is 2.50 bits per heavy atom. The average Bonchev–Trinajstić information content (AvgIpc) is 1.85. The van der Waals surface area contributed by atoms with Crippen LogP contribution in [0.25, 0.3) is 0 Å². The van der Waals surface area contributed by atoms with Gasteiger partial charge in [-0.25, -0.2) is 0 Å². The molecule has 0 spiro atoms. The van der Waals surface area contributed by atoms with E-state index in [1.165, 1.54) is 0 Å². The van der Waals surface area contributed by atoms with Crippen molar-refractivity contribution in [2.45, 2.75) is 12.8 Å². The van der Waals surface area contributed by atoms with Crippen LogP contribution in [0.3, 0.4) is 0 Å². The summed E-state index contributed by atoms with van der Waals surface area (Å²) in [5, 5.41) is 16.2. The molecule has 0 aliphatic carbocycles. The number of aliphatic hydroxyl groups excluding tert-OH is 2. The Morgan fingerprint density at radius 2 is 2.10 bits per heavy atom. The minimum Gasteiger partial charge on any atom is -1.00 e. The third kappa shape index (κ3) is 8.39. The fraction of sp³-hybridized carbons (Fsp3) is 0.800. The average molecular weight is 158 g/mol. The number of esters is 1. The van der Waals surface area contributed by atoms with Crippen LogP contribution in [-0.2, 0) is 9.53 Å². The van der Waals surface area contributed by atoms with Gasteiger partial charge in [0.25, 0.3) is 0 Å². The standard InChI is InChI=1S/C5H10O4.Na.H/c6-3-1-2-5(8)9-4-7;;/h6-7H,1-4H2;;/q;+1;-1. The van der Waals surface area contributed by atoms with Gasteiger partial charge >= 0.3 is 35.5 Å². The van der Waals surface area contributed by atoms with Crippen molar-refractivity contribution in [2.75, 3.05) is 13.4 Å². The molecule has 0 aromatic carbocycles. The SMILES string of the molecule is O=C(CCCO)OCO.[H-].[Na+]. The summed E-state index contributed by atoms with van der Waals surface area (Å²) in [7, 11) is 0. The molecule has 10 heavy (non-hydrogen) atoms. The summed E-state index contributed by atoms with van der Waals surface area (Å²) in [6.07, 6.45) is 0.551. The Hall–Kier alpha value is 0.390. The van der Waals surface area contributed by atoms with Crippen LogP contribution >= 0.6 is 0 Å². The Kier molecular flexibility index (Phi) is 12.2. The minimum absolute atomic E-state index is 0. The van der Waals surface area contributed by atoms with E-state index < -0.39 is 12.8 Å². The predicted octanol–water partition coefficient (Wildman–Crippen LogP) is -3.63. The third-order valence-corrected chi connectivity index (χ3v) is 0.765. The summed E-state index contributed by atoms with van der Waals surface area (Å²) in [6, 6.07) is 0. The number of carbonyl (C=O) groups excluding carboxylic acids is 1. The first kappa shape index (κ1) is 13.0. The van der Waals surface area contributed by atoms with Crippen molar-refractivity contribution in [2.24, 2.45) is 0 Å². The summed E-state index contributed by atoms with van der Waals surface area (Å²) in [5.41, 5.74) is 0. The number of rotatable bonds is 4. The first-order chi connectivity index (χ1) is 4.31. The van der Waals surface area contributed by atoms with Crippen LogP contribution in [0, 0.1) is 0 Å². The molecule has 0 saturated carbocycles. The first-order valence-electron chi connectivity index (χ1n) is 2.68. The van der Waals surface area contributed by atoms with Gasteiger partial charge in [0, 0.05) is 13.0 Å². The Labute approximate surface area is 83.0 Å². The molecule has 0 saturated heterocycles.